The lowest BCUT2D eigenvalue weighted by Crippen LogP contribution is -2.35. The summed E-state index contributed by atoms with van der Waals surface area (Å²) >= 11 is 0. The van der Waals surface area contributed by atoms with E-state index in [1.165, 1.54) is 35.7 Å². The Bertz CT molecular complexity index is 598. The minimum Gasteiger partial charge on any atom is -0.382 e. The van der Waals surface area contributed by atoms with E-state index in [1.54, 1.807) is 0 Å². The van der Waals surface area contributed by atoms with Crippen molar-refractivity contribution in [1.82, 2.24) is 4.98 Å². The Morgan fingerprint density at radius 1 is 1.20 bits per heavy atom. The van der Waals surface area contributed by atoms with Crippen molar-refractivity contribution in [3.05, 3.63) is 36.7 Å². The van der Waals surface area contributed by atoms with Gasteiger partial charge in [-0.15, -0.1) is 0 Å². The van der Waals surface area contributed by atoms with Gasteiger partial charge in [0.2, 0.25) is 0 Å². The first-order valence-electron chi connectivity index (χ1n) is 7.63. The molecule has 1 heterocycles. The second kappa shape index (κ2) is 5.08. The van der Waals surface area contributed by atoms with Crippen LogP contribution in [0.2, 0.25) is 0 Å². The summed E-state index contributed by atoms with van der Waals surface area (Å²) in [5, 5.41) is 6.26. The van der Waals surface area contributed by atoms with Crippen LogP contribution in [0.15, 0.2) is 36.7 Å². The molecule has 1 aliphatic rings. The minimum absolute atomic E-state index is 0.443. The molecule has 2 atom stereocenters. The van der Waals surface area contributed by atoms with E-state index in [9.17, 15) is 0 Å². The molecule has 0 spiro atoms. The van der Waals surface area contributed by atoms with Gasteiger partial charge in [0.05, 0.1) is 0 Å². The van der Waals surface area contributed by atoms with Crippen molar-refractivity contribution >= 4 is 16.5 Å². The van der Waals surface area contributed by atoms with Crippen molar-refractivity contribution in [3.8, 4) is 0 Å². The highest BCUT2D eigenvalue weighted by Crippen LogP contribution is 2.40. The summed E-state index contributed by atoms with van der Waals surface area (Å²) in [6, 6.07) is 9.10. The molecule has 2 nitrogen and oxygen atoms in total. The third kappa shape index (κ3) is 2.79. The molecule has 1 N–H and O–H groups in total. The fraction of sp³-hybridized carbons (Fsp3) is 0.500. The van der Waals surface area contributed by atoms with Crippen molar-refractivity contribution in [2.45, 2.75) is 46.1 Å². The zero-order valence-electron chi connectivity index (χ0n) is 12.7. The average molecular weight is 268 g/mol. The van der Waals surface area contributed by atoms with Crippen LogP contribution in [-0.2, 0) is 0 Å². The fourth-order valence-electron chi connectivity index (χ4n) is 3.92. The zero-order chi connectivity index (χ0) is 14.2. The fourth-order valence-corrected chi connectivity index (χ4v) is 3.92. The van der Waals surface area contributed by atoms with E-state index in [1.807, 2.05) is 12.4 Å². The van der Waals surface area contributed by atoms with Crippen LogP contribution in [0.1, 0.15) is 40.0 Å². The molecule has 1 aromatic carbocycles. The third-order valence-corrected chi connectivity index (χ3v) is 4.43. The molecule has 2 aromatic rings. The van der Waals surface area contributed by atoms with Gasteiger partial charge >= 0.3 is 0 Å². The molecule has 1 aromatic heterocycles. The Hall–Kier alpha value is -1.57. The highest BCUT2D eigenvalue weighted by molar-refractivity contribution is 5.93. The molecule has 0 radical (unpaired) electrons. The summed E-state index contributed by atoms with van der Waals surface area (Å²) in [4.78, 5) is 4.27. The minimum atomic E-state index is 0.443. The topological polar surface area (TPSA) is 24.9 Å². The Balaban J connectivity index is 1.86. The molecule has 1 aliphatic carbocycles. The van der Waals surface area contributed by atoms with Gasteiger partial charge in [0, 0.05) is 29.5 Å². The molecule has 0 bridgehead atoms. The first kappa shape index (κ1) is 13.4. The Labute approximate surface area is 121 Å². The van der Waals surface area contributed by atoms with E-state index >= 15 is 0 Å². The van der Waals surface area contributed by atoms with E-state index in [2.05, 4.69) is 55.3 Å². The van der Waals surface area contributed by atoms with Gasteiger partial charge in [-0.1, -0.05) is 32.9 Å². The number of hydrogen-bond acceptors (Lipinski definition) is 2. The number of hydrogen-bond donors (Lipinski definition) is 1. The van der Waals surface area contributed by atoms with Crippen LogP contribution < -0.4 is 5.32 Å². The highest BCUT2D eigenvalue weighted by atomic mass is 14.9. The zero-order valence-corrected chi connectivity index (χ0v) is 12.7. The molecule has 3 rings (SSSR count). The standard InChI is InChI=1S/C18H24N2/c1-13-9-15(11-18(2,3)10-13)20-17-6-4-5-14-7-8-19-12-16(14)17/h4-8,12-13,15,20H,9-11H2,1-3H3. The largest absolute Gasteiger partial charge is 0.382 e. The lowest BCUT2D eigenvalue weighted by atomic mass is 9.70. The Morgan fingerprint density at radius 2 is 2.05 bits per heavy atom. The maximum absolute atomic E-state index is 4.27. The summed E-state index contributed by atoms with van der Waals surface area (Å²) in [6.45, 7) is 7.16. The molecule has 1 fully saturated rings. The van der Waals surface area contributed by atoms with Gasteiger partial charge in [-0.3, -0.25) is 4.98 Å². The molecular formula is C18H24N2. The number of fused-ring (bicyclic) bond motifs is 1. The summed E-state index contributed by atoms with van der Waals surface area (Å²) in [5.74, 6) is 0.796. The van der Waals surface area contributed by atoms with Crippen LogP contribution in [0.25, 0.3) is 10.8 Å². The van der Waals surface area contributed by atoms with Crippen LogP contribution in [0.4, 0.5) is 5.69 Å². The second-order valence-electron chi connectivity index (χ2n) is 7.16. The number of pyridine rings is 1. The van der Waals surface area contributed by atoms with Gasteiger partial charge in [0.25, 0.3) is 0 Å². The summed E-state index contributed by atoms with van der Waals surface area (Å²) in [7, 11) is 0. The Kier molecular flexibility index (Phi) is 3.41. The predicted molar refractivity (Wildman–Crippen MR) is 85.9 cm³/mol. The van der Waals surface area contributed by atoms with E-state index in [0.717, 1.165) is 5.92 Å². The van der Waals surface area contributed by atoms with Crippen LogP contribution >= 0.6 is 0 Å². The normalized spacial score (nSPS) is 25.6. The van der Waals surface area contributed by atoms with Crippen molar-refractivity contribution in [2.75, 3.05) is 5.32 Å². The lowest BCUT2D eigenvalue weighted by molar-refractivity contribution is 0.178. The van der Waals surface area contributed by atoms with Gasteiger partial charge < -0.3 is 5.32 Å². The van der Waals surface area contributed by atoms with Crippen LogP contribution in [0.3, 0.4) is 0 Å². The molecular weight excluding hydrogens is 244 g/mol. The number of rotatable bonds is 2. The first-order valence-corrected chi connectivity index (χ1v) is 7.63. The van der Waals surface area contributed by atoms with Gasteiger partial charge in [-0.05, 0) is 48.1 Å². The van der Waals surface area contributed by atoms with E-state index in [0.29, 0.717) is 11.5 Å². The van der Waals surface area contributed by atoms with Gasteiger partial charge in [-0.25, -0.2) is 0 Å². The SMILES string of the molecule is CC1CC(Nc2cccc3ccncc23)CC(C)(C)C1. The van der Waals surface area contributed by atoms with Gasteiger partial charge in [-0.2, -0.15) is 0 Å². The monoisotopic (exact) mass is 268 g/mol. The predicted octanol–water partition coefficient (Wildman–Crippen LogP) is 4.86. The smallest absolute Gasteiger partial charge is 0.0437 e. The van der Waals surface area contributed by atoms with E-state index in [4.69, 9.17) is 0 Å². The molecule has 0 aliphatic heterocycles. The lowest BCUT2D eigenvalue weighted by Gasteiger charge is -2.39. The molecule has 0 amide bonds. The number of nitrogens with one attached hydrogen (secondary N) is 1. The van der Waals surface area contributed by atoms with E-state index in [-0.39, 0.29) is 0 Å². The van der Waals surface area contributed by atoms with Crippen molar-refractivity contribution in [1.29, 1.82) is 0 Å². The molecule has 1 saturated carbocycles. The van der Waals surface area contributed by atoms with Crippen molar-refractivity contribution < 1.29 is 0 Å². The van der Waals surface area contributed by atoms with Gasteiger partial charge in [0.1, 0.15) is 0 Å². The molecule has 106 valence electrons. The van der Waals surface area contributed by atoms with Crippen molar-refractivity contribution in [3.63, 3.8) is 0 Å². The van der Waals surface area contributed by atoms with Crippen LogP contribution in [0.5, 0.6) is 0 Å². The summed E-state index contributed by atoms with van der Waals surface area (Å²) < 4.78 is 0. The first-order chi connectivity index (χ1) is 9.53. The number of anilines is 1. The maximum Gasteiger partial charge on any atom is 0.0437 e. The average Bonchev–Trinajstić information content (AvgIpc) is 2.37. The van der Waals surface area contributed by atoms with E-state index < -0.39 is 0 Å². The maximum atomic E-state index is 4.27. The van der Waals surface area contributed by atoms with Crippen molar-refractivity contribution in [2.24, 2.45) is 11.3 Å². The molecule has 20 heavy (non-hydrogen) atoms. The number of benzene rings is 1. The molecule has 2 heteroatoms. The molecule has 0 saturated heterocycles. The number of aromatic nitrogens is 1. The summed E-state index contributed by atoms with van der Waals surface area (Å²) in [6.07, 6.45) is 7.67. The summed E-state index contributed by atoms with van der Waals surface area (Å²) in [5.41, 5.74) is 1.67. The quantitative estimate of drug-likeness (QED) is 0.841. The highest BCUT2D eigenvalue weighted by Gasteiger charge is 2.31. The van der Waals surface area contributed by atoms with Crippen LogP contribution in [-0.4, -0.2) is 11.0 Å². The van der Waals surface area contributed by atoms with Crippen LogP contribution in [0, 0.1) is 11.3 Å². The number of nitrogens with zero attached hydrogens (tertiary/aromatic N) is 1. The molecule has 2 unspecified atom stereocenters. The third-order valence-electron chi connectivity index (χ3n) is 4.43. The Morgan fingerprint density at radius 3 is 2.85 bits per heavy atom. The second-order valence-corrected chi connectivity index (χ2v) is 7.16. The van der Waals surface area contributed by atoms with Gasteiger partial charge in [0.15, 0.2) is 0 Å².